The third-order valence-electron chi connectivity index (χ3n) is 4.87. The van der Waals surface area contributed by atoms with Crippen molar-refractivity contribution in [1.82, 2.24) is 0 Å². The van der Waals surface area contributed by atoms with E-state index < -0.39 is 5.91 Å². The summed E-state index contributed by atoms with van der Waals surface area (Å²) in [5, 5.41) is 2.90. The van der Waals surface area contributed by atoms with E-state index in [9.17, 15) is 9.59 Å². The van der Waals surface area contributed by atoms with Crippen LogP contribution in [-0.4, -0.2) is 25.4 Å². The number of amides is 2. The molecule has 2 heterocycles. The Hall–Kier alpha value is -3.08. The van der Waals surface area contributed by atoms with Gasteiger partial charge < -0.3 is 16.0 Å². The second-order valence-corrected chi connectivity index (χ2v) is 6.51. The zero-order chi connectivity index (χ0) is 17.6. The molecule has 0 aromatic heterocycles. The van der Waals surface area contributed by atoms with E-state index in [1.54, 1.807) is 0 Å². The quantitative estimate of drug-likeness (QED) is 0.887. The maximum absolute atomic E-state index is 11.8. The first kappa shape index (κ1) is 15.4. The molecule has 0 spiro atoms. The number of nitrogens with zero attached hydrogens (tertiary/aromatic N) is 1. The number of nitrogens with one attached hydrogen (secondary N) is 1. The van der Waals surface area contributed by atoms with Gasteiger partial charge in [0, 0.05) is 42.5 Å². The molecule has 2 aromatic rings. The van der Waals surface area contributed by atoms with E-state index in [2.05, 4.69) is 22.3 Å². The Kier molecular flexibility index (Phi) is 3.57. The van der Waals surface area contributed by atoms with Gasteiger partial charge in [0.2, 0.25) is 11.8 Å². The first-order valence-corrected chi connectivity index (χ1v) is 8.31. The van der Waals surface area contributed by atoms with Gasteiger partial charge >= 0.3 is 0 Å². The molecule has 0 radical (unpaired) electrons. The van der Waals surface area contributed by atoms with Crippen LogP contribution in [0, 0.1) is 0 Å². The smallest absolute Gasteiger partial charge is 0.249 e. The zero-order valence-electron chi connectivity index (χ0n) is 14.0. The Labute approximate surface area is 146 Å². The number of rotatable bonds is 2. The number of hydrogen-bond acceptors (Lipinski definition) is 3. The number of benzene rings is 2. The van der Waals surface area contributed by atoms with Crippen molar-refractivity contribution in [3.05, 3.63) is 53.6 Å². The molecule has 5 heteroatoms. The standard InChI is InChI=1S/C20H19N3O2/c1-23-9-8-15(20(21)25)16-11-13(3-6-18(16)23)12-2-5-17-14(10-12)4-7-19(24)22-17/h2-3,5-6,8,10-11H,4,7,9H2,1H3,(H2,21,25)(H,22,24). The lowest BCUT2D eigenvalue weighted by Gasteiger charge is -2.27. The molecule has 0 aliphatic carbocycles. The van der Waals surface area contributed by atoms with Gasteiger partial charge in [-0.3, -0.25) is 9.59 Å². The number of anilines is 2. The van der Waals surface area contributed by atoms with Crippen LogP contribution in [0.2, 0.25) is 0 Å². The lowest BCUT2D eigenvalue weighted by Crippen LogP contribution is -2.26. The van der Waals surface area contributed by atoms with Gasteiger partial charge in [-0.15, -0.1) is 0 Å². The van der Waals surface area contributed by atoms with Crippen molar-refractivity contribution >= 4 is 28.8 Å². The molecule has 0 saturated heterocycles. The number of primary amides is 1. The molecule has 0 bridgehead atoms. The van der Waals surface area contributed by atoms with Crippen molar-refractivity contribution in [2.75, 3.05) is 23.8 Å². The first-order valence-electron chi connectivity index (χ1n) is 8.31. The number of nitrogens with two attached hydrogens (primary N) is 1. The molecule has 2 aliphatic heterocycles. The predicted octanol–water partition coefficient (Wildman–Crippen LogP) is 2.56. The lowest BCUT2D eigenvalue weighted by molar-refractivity contribution is -0.116. The maximum Gasteiger partial charge on any atom is 0.249 e. The summed E-state index contributed by atoms with van der Waals surface area (Å²) >= 11 is 0. The minimum Gasteiger partial charge on any atom is -0.370 e. The molecule has 0 saturated carbocycles. The molecule has 4 rings (SSSR count). The Morgan fingerprint density at radius 3 is 2.68 bits per heavy atom. The largest absolute Gasteiger partial charge is 0.370 e. The van der Waals surface area contributed by atoms with Crippen molar-refractivity contribution in [3.63, 3.8) is 0 Å². The van der Waals surface area contributed by atoms with Crippen LogP contribution >= 0.6 is 0 Å². The lowest BCUT2D eigenvalue weighted by atomic mass is 9.92. The van der Waals surface area contributed by atoms with E-state index in [0.29, 0.717) is 18.5 Å². The average molecular weight is 333 g/mol. The summed E-state index contributed by atoms with van der Waals surface area (Å²) in [6.45, 7) is 0.670. The van der Waals surface area contributed by atoms with E-state index in [4.69, 9.17) is 5.73 Å². The molecule has 5 nitrogen and oxygen atoms in total. The summed E-state index contributed by atoms with van der Waals surface area (Å²) in [6, 6.07) is 12.1. The molecule has 2 aliphatic rings. The van der Waals surface area contributed by atoms with Crippen molar-refractivity contribution < 1.29 is 9.59 Å². The number of carbonyl (C=O) groups excluding carboxylic acids is 2. The molecular weight excluding hydrogens is 314 g/mol. The molecular formula is C20H19N3O2. The molecule has 2 amide bonds. The second kappa shape index (κ2) is 5.77. The van der Waals surface area contributed by atoms with Crippen LogP contribution in [0.1, 0.15) is 17.5 Å². The van der Waals surface area contributed by atoms with E-state index >= 15 is 0 Å². The SMILES string of the molecule is CN1CC=C(C(N)=O)c2cc(-c3ccc4c(c3)CCC(=O)N4)ccc21. The fourth-order valence-corrected chi connectivity index (χ4v) is 3.50. The Morgan fingerprint density at radius 1 is 1.12 bits per heavy atom. The first-order chi connectivity index (χ1) is 12.0. The van der Waals surface area contributed by atoms with Gasteiger partial charge in [-0.25, -0.2) is 0 Å². The second-order valence-electron chi connectivity index (χ2n) is 6.51. The highest BCUT2D eigenvalue weighted by Crippen LogP contribution is 2.35. The monoisotopic (exact) mass is 333 g/mol. The highest BCUT2D eigenvalue weighted by atomic mass is 16.2. The van der Waals surface area contributed by atoms with E-state index in [0.717, 1.165) is 40.0 Å². The van der Waals surface area contributed by atoms with Crippen molar-refractivity contribution in [3.8, 4) is 11.1 Å². The molecule has 25 heavy (non-hydrogen) atoms. The average Bonchev–Trinajstić information content (AvgIpc) is 2.61. The number of hydrogen-bond donors (Lipinski definition) is 2. The Morgan fingerprint density at radius 2 is 1.88 bits per heavy atom. The van der Waals surface area contributed by atoms with Gasteiger partial charge in [0.05, 0.1) is 0 Å². The van der Waals surface area contributed by atoms with Crippen molar-refractivity contribution in [2.24, 2.45) is 5.73 Å². The minimum absolute atomic E-state index is 0.0632. The summed E-state index contributed by atoms with van der Waals surface area (Å²) < 4.78 is 0. The molecule has 2 aromatic carbocycles. The van der Waals surface area contributed by atoms with Gasteiger partial charge in [0.1, 0.15) is 0 Å². The van der Waals surface area contributed by atoms with Gasteiger partial charge in [0.25, 0.3) is 0 Å². The van der Waals surface area contributed by atoms with Crippen LogP contribution in [0.3, 0.4) is 0 Å². The fourth-order valence-electron chi connectivity index (χ4n) is 3.50. The Bertz CT molecular complexity index is 931. The van der Waals surface area contributed by atoms with E-state index in [1.165, 1.54) is 0 Å². The van der Waals surface area contributed by atoms with E-state index in [-0.39, 0.29) is 5.91 Å². The normalized spacial score (nSPS) is 15.8. The van der Waals surface area contributed by atoms with Crippen molar-refractivity contribution in [2.45, 2.75) is 12.8 Å². The van der Waals surface area contributed by atoms with Gasteiger partial charge in [-0.05, 0) is 47.4 Å². The summed E-state index contributed by atoms with van der Waals surface area (Å²) in [5.41, 5.74) is 12.1. The van der Waals surface area contributed by atoms with Crippen LogP contribution in [0.25, 0.3) is 16.7 Å². The predicted molar refractivity (Wildman–Crippen MR) is 99.3 cm³/mol. The molecule has 0 atom stereocenters. The number of aryl methyl sites for hydroxylation is 1. The van der Waals surface area contributed by atoms with Crippen molar-refractivity contribution in [1.29, 1.82) is 0 Å². The highest BCUT2D eigenvalue weighted by Gasteiger charge is 2.21. The summed E-state index contributed by atoms with van der Waals surface area (Å²) in [4.78, 5) is 25.4. The topological polar surface area (TPSA) is 75.4 Å². The molecule has 3 N–H and O–H groups in total. The minimum atomic E-state index is -0.403. The maximum atomic E-state index is 11.8. The Balaban J connectivity index is 1.78. The molecule has 0 fully saturated rings. The van der Waals surface area contributed by atoms with Gasteiger partial charge in [0.15, 0.2) is 0 Å². The fraction of sp³-hybridized carbons (Fsp3) is 0.200. The molecule has 126 valence electrons. The number of carbonyl (C=O) groups is 2. The third-order valence-corrected chi connectivity index (χ3v) is 4.87. The summed E-state index contributed by atoms with van der Waals surface area (Å²) in [5.74, 6) is -0.340. The van der Waals surface area contributed by atoms with Crippen LogP contribution in [0.15, 0.2) is 42.5 Å². The van der Waals surface area contributed by atoms with E-state index in [1.807, 2.05) is 37.4 Å². The van der Waals surface area contributed by atoms with Crippen LogP contribution < -0.4 is 16.0 Å². The van der Waals surface area contributed by atoms with Crippen LogP contribution in [0.5, 0.6) is 0 Å². The highest BCUT2D eigenvalue weighted by molar-refractivity contribution is 6.21. The summed E-state index contributed by atoms with van der Waals surface area (Å²) in [7, 11) is 1.99. The van der Waals surface area contributed by atoms with Crippen LogP contribution in [-0.2, 0) is 16.0 Å². The summed E-state index contributed by atoms with van der Waals surface area (Å²) in [6.07, 6.45) is 3.13. The number of likely N-dealkylation sites (N-methyl/N-ethyl adjacent to an activating group) is 1. The zero-order valence-corrected chi connectivity index (χ0v) is 14.0. The number of fused-ring (bicyclic) bond motifs is 2. The molecule has 0 unspecified atom stereocenters. The van der Waals surface area contributed by atoms with Crippen LogP contribution in [0.4, 0.5) is 11.4 Å². The third kappa shape index (κ3) is 2.67. The van der Waals surface area contributed by atoms with Gasteiger partial charge in [-0.1, -0.05) is 18.2 Å². The van der Waals surface area contributed by atoms with Gasteiger partial charge in [-0.2, -0.15) is 0 Å².